The summed E-state index contributed by atoms with van der Waals surface area (Å²) in [5.41, 5.74) is -0.977. The van der Waals surface area contributed by atoms with E-state index >= 15 is 0 Å². The highest BCUT2D eigenvalue weighted by Gasteiger charge is 2.41. The Bertz CT molecular complexity index is 435. The summed E-state index contributed by atoms with van der Waals surface area (Å²) < 4.78 is 5.45. The number of nitrogens with zero attached hydrogens (tertiary/aromatic N) is 1. The van der Waals surface area contributed by atoms with E-state index < -0.39 is 17.0 Å². The Labute approximate surface area is 139 Å². The minimum absolute atomic E-state index is 0.240. The average Bonchev–Trinajstić information content (AvgIpc) is 2.94. The number of carbonyl (C=O) groups is 2. The van der Waals surface area contributed by atoms with Crippen LogP contribution in [0.15, 0.2) is 0 Å². The second-order valence-corrected chi connectivity index (χ2v) is 8.27. The molecule has 1 unspecified atom stereocenters. The molecule has 5 heteroatoms. The molecule has 2 rings (SSSR count). The van der Waals surface area contributed by atoms with Crippen molar-refractivity contribution in [3.05, 3.63) is 0 Å². The van der Waals surface area contributed by atoms with Crippen LogP contribution in [0, 0.1) is 11.3 Å². The lowest BCUT2D eigenvalue weighted by Crippen LogP contribution is -2.43. The molecule has 1 N–H and O–H groups in total. The first-order valence-electron chi connectivity index (χ1n) is 8.93. The van der Waals surface area contributed by atoms with E-state index in [4.69, 9.17) is 4.74 Å². The van der Waals surface area contributed by atoms with Crippen molar-refractivity contribution >= 4 is 12.1 Å². The van der Waals surface area contributed by atoms with Crippen LogP contribution in [0.1, 0.15) is 72.1 Å². The van der Waals surface area contributed by atoms with Crippen molar-refractivity contribution in [2.45, 2.75) is 77.7 Å². The molecule has 132 valence electrons. The van der Waals surface area contributed by atoms with Gasteiger partial charge in [0.2, 0.25) is 0 Å². The number of carboxylic acids is 1. The van der Waals surface area contributed by atoms with Gasteiger partial charge in [0.1, 0.15) is 5.60 Å². The second kappa shape index (κ2) is 7.10. The number of amides is 1. The maximum Gasteiger partial charge on any atom is 0.410 e. The minimum atomic E-state index is -0.630. The molecule has 0 spiro atoms. The molecule has 1 atom stereocenters. The number of hydrogen-bond acceptors (Lipinski definition) is 3. The van der Waals surface area contributed by atoms with Crippen LogP contribution in [0.5, 0.6) is 0 Å². The van der Waals surface area contributed by atoms with Crippen LogP contribution < -0.4 is 0 Å². The molecule has 0 aromatic carbocycles. The van der Waals surface area contributed by atoms with Crippen molar-refractivity contribution < 1.29 is 19.4 Å². The number of piperidine rings is 1. The van der Waals surface area contributed by atoms with Gasteiger partial charge in [-0.25, -0.2) is 4.79 Å². The summed E-state index contributed by atoms with van der Waals surface area (Å²) in [7, 11) is 0. The van der Waals surface area contributed by atoms with E-state index in [0.29, 0.717) is 12.5 Å². The quantitative estimate of drug-likeness (QED) is 0.846. The highest BCUT2D eigenvalue weighted by molar-refractivity contribution is 5.75. The third-order valence-corrected chi connectivity index (χ3v) is 5.22. The minimum Gasteiger partial charge on any atom is -0.481 e. The molecule has 2 fully saturated rings. The highest BCUT2D eigenvalue weighted by Crippen LogP contribution is 2.43. The van der Waals surface area contributed by atoms with E-state index in [-0.39, 0.29) is 6.09 Å². The first-order chi connectivity index (χ1) is 10.7. The monoisotopic (exact) mass is 325 g/mol. The molecule has 5 nitrogen and oxygen atoms in total. The van der Waals surface area contributed by atoms with Gasteiger partial charge in [-0.1, -0.05) is 12.8 Å². The zero-order valence-electron chi connectivity index (χ0n) is 14.8. The molecule has 2 aliphatic rings. The number of hydrogen-bond donors (Lipinski definition) is 1. The zero-order chi connectivity index (χ0) is 17.1. The largest absolute Gasteiger partial charge is 0.481 e. The fourth-order valence-corrected chi connectivity index (χ4v) is 3.90. The summed E-state index contributed by atoms with van der Waals surface area (Å²) in [4.78, 5) is 25.6. The Kier molecular flexibility index (Phi) is 5.58. The lowest BCUT2D eigenvalue weighted by atomic mass is 9.78. The summed E-state index contributed by atoms with van der Waals surface area (Å²) in [6.45, 7) is 7.08. The van der Waals surface area contributed by atoms with Crippen LogP contribution in [0.4, 0.5) is 4.79 Å². The van der Waals surface area contributed by atoms with Crippen molar-refractivity contribution in [1.82, 2.24) is 4.90 Å². The Morgan fingerprint density at radius 3 is 2.43 bits per heavy atom. The van der Waals surface area contributed by atoms with Crippen molar-refractivity contribution in [3.63, 3.8) is 0 Å². The summed E-state index contributed by atoms with van der Waals surface area (Å²) in [6, 6.07) is 0. The Morgan fingerprint density at radius 2 is 1.87 bits per heavy atom. The van der Waals surface area contributed by atoms with Gasteiger partial charge in [0.15, 0.2) is 0 Å². The van der Waals surface area contributed by atoms with Crippen molar-refractivity contribution in [3.8, 4) is 0 Å². The van der Waals surface area contributed by atoms with Crippen LogP contribution in [-0.4, -0.2) is 40.8 Å². The van der Waals surface area contributed by atoms with Crippen LogP contribution in [0.25, 0.3) is 0 Å². The molecule has 0 aromatic heterocycles. The van der Waals surface area contributed by atoms with Crippen LogP contribution >= 0.6 is 0 Å². The third-order valence-electron chi connectivity index (χ3n) is 5.22. The first kappa shape index (κ1) is 18.1. The van der Waals surface area contributed by atoms with Gasteiger partial charge in [-0.15, -0.1) is 0 Å². The van der Waals surface area contributed by atoms with E-state index in [0.717, 1.165) is 57.9 Å². The Morgan fingerprint density at radius 1 is 1.22 bits per heavy atom. The summed E-state index contributed by atoms with van der Waals surface area (Å²) >= 11 is 0. The number of likely N-dealkylation sites (tertiary alicyclic amines) is 1. The average molecular weight is 325 g/mol. The molecule has 1 heterocycles. The van der Waals surface area contributed by atoms with Gasteiger partial charge in [0, 0.05) is 13.1 Å². The lowest BCUT2D eigenvalue weighted by molar-refractivity contribution is -0.149. The molecule has 1 aliphatic carbocycles. The van der Waals surface area contributed by atoms with Gasteiger partial charge in [-0.05, 0) is 65.2 Å². The van der Waals surface area contributed by atoms with Gasteiger partial charge in [0.25, 0.3) is 0 Å². The van der Waals surface area contributed by atoms with E-state index in [2.05, 4.69) is 0 Å². The molecule has 1 saturated heterocycles. The standard InChI is InChI=1S/C18H31NO4/c1-17(2,3)23-16(22)19-12-6-7-14(13-19)8-11-18(15(20)21)9-4-5-10-18/h14H,4-13H2,1-3H3,(H,20,21). The molecule has 23 heavy (non-hydrogen) atoms. The predicted molar refractivity (Wildman–Crippen MR) is 88.3 cm³/mol. The number of carbonyl (C=O) groups excluding carboxylic acids is 1. The van der Waals surface area contributed by atoms with Gasteiger partial charge in [-0.2, -0.15) is 0 Å². The molecular formula is C18H31NO4. The third kappa shape index (κ3) is 4.85. The molecule has 0 radical (unpaired) electrons. The molecule has 1 amide bonds. The molecule has 1 saturated carbocycles. The molecule has 0 bridgehead atoms. The summed E-state index contributed by atoms with van der Waals surface area (Å²) in [6.07, 6.45) is 7.13. The maximum atomic E-state index is 12.2. The fourth-order valence-electron chi connectivity index (χ4n) is 3.90. The van der Waals surface area contributed by atoms with E-state index in [1.165, 1.54) is 0 Å². The smallest absolute Gasteiger partial charge is 0.410 e. The van der Waals surface area contributed by atoms with Crippen LogP contribution in [-0.2, 0) is 9.53 Å². The number of carboxylic acid groups (broad SMARTS) is 1. The van der Waals surface area contributed by atoms with Gasteiger partial charge >= 0.3 is 12.1 Å². The number of ether oxygens (including phenoxy) is 1. The van der Waals surface area contributed by atoms with Crippen molar-refractivity contribution in [2.75, 3.05) is 13.1 Å². The van der Waals surface area contributed by atoms with Crippen LogP contribution in [0.3, 0.4) is 0 Å². The summed E-state index contributed by atoms with van der Waals surface area (Å²) in [5.74, 6) is -0.233. The Balaban J connectivity index is 1.86. The molecule has 0 aromatic rings. The topological polar surface area (TPSA) is 66.8 Å². The SMILES string of the molecule is CC(C)(C)OC(=O)N1CCCC(CCC2(C(=O)O)CCCC2)C1. The first-order valence-corrected chi connectivity index (χ1v) is 8.93. The normalized spacial score (nSPS) is 24.5. The molecule has 1 aliphatic heterocycles. The fraction of sp³-hybridized carbons (Fsp3) is 0.889. The molecular weight excluding hydrogens is 294 g/mol. The van der Waals surface area contributed by atoms with E-state index in [9.17, 15) is 14.7 Å². The van der Waals surface area contributed by atoms with Crippen molar-refractivity contribution in [2.24, 2.45) is 11.3 Å². The van der Waals surface area contributed by atoms with Crippen LogP contribution in [0.2, 0.25) is 0 Å². The van der Waals surface area contributed by atoms with Gasteiger partial charge < -0.3 is 14.7 Å². The number of rotatable bonds is 4. The zero-order valence-corrected chi connectivity index (χ0v) is 14.8. The number of aliphatic carboxylic acids is 1. The highest BCUT2D eigenvalue weighted by atomic mass is 16.6. The van der Waals surface area contributed by atoms with Gasteiger partial charge in [-0.3, -0.25) is 4.79 Å². The second-order valence-electron chi connectivity index (χ2n) is 8.27. The maximum absolute atomic E-state index is 12.2. The predicted octanol–water partition coefficient (Wildman–Crippen LogP) is 4.06. The van der Waals surface area contributed by atoms with Gasteiger partial charge in [0.05, 0.1) is 5.41 Å². The van der Waals surface area contributed by atoms with E-state index in [1.54, 1.807) is 4.90 Å². The van der Waals surface area contributed by atoms with E-state index in [1.807, 2.05) is 20.8 Å². The Hall–Kier alpha value is -1.26. The van der Waals surface area contributed by atoms with Crippen molar-refractivity contribution in [1.29, 1.82) is 0 Å². The summed E-state index contributed by atoms with van der Waals surface area (Å²) in [5, 5.41) is 9.58. The lowest BCUT2D eigenvalue weighted by Gasteiger charge is -2.35.